The van der Waals surface area contributed by atoms with Crippen molar-refractivity contribution in [2.45, 2.75) is 6.92 Å². The Labute approximate surface area is 109 Å². The van der Waals surface area contributed by atoms with Crippen LogP contribution in [-0.2, 0) is 0 Å². The third-order valence-corrected chi connectivity index (χ3v) is 2.43. The zero-order valence-electron chi connectivity index (χ0n) is 9.36. The number of halogens is 1. The highest BCUT2D eigenvalue weighted by atomic mass is 127. The second-order valence-electron chi connectivity index (χ2n) is 3.63. The number of nitrogens with zero attached hydrogens (tertiary/aromatic N) is 1. The first-order chi connectivity index (χ1) is 6.77. The lowest BCUT2D eigenvalue weighted by Gasteiger charge is -2.28. The molecule has 0 spiro atoms. The Bertz CT molecular complexity index is 273. The largest absolute Gasteiger partial charge is 1.00 e. The van der Waals surface area contributed by atoms with E-state index in [1.165, 1.54) is 6.54 Å². The number of likely N-dealkylation sites (N-methyl/N-ethyl adjacent to an activating group) is 1. The molecule has 0 radical (unpaired) electrons. The second kappa shape index (κ2) is 7.70. The van der Waals surface area contributed by atoms with E-state index < -0.39 is 0 Å². The highest BCUT2D eigenvalue weighted by molar-refractivity contribution is 5.03. The summed E-state index contributed by atoms with van der Waals surface area (Å²) in [6.07, 6.45) is 12.4. The molecule has 2 rings (SSSR count). The molecule has 2 heterocycles. The molecular weight excluding hydrogens is 299 g/mol. The van der Waals surface area contributed by atoms with Crippen LogP contribution in [0.1, 0.15) is 6.92 Å². The Hall–Kier alpha value is -0.550. The lowest BCUT2D eigenvalue weighted by Crippen LogP contribution is -3.00. The summed E-state index contributed by atoms with van der Waals surface area (Å²) in [5.41, 5.74) is 0. The van der Waals surface area contributed by atoms with Gasteiger partial charge in [0, 0.05) is 12.4 Å². The van der Waals surface area contributed by atoms with Gasteiger partial charge in [0.25, 0.3) is 0 Å². The minimum Gasteiger partial charge on any atom is -1.00 e. The van der Waals surface area contributed by atoms with Crippen LogP contribution >= 0.6 is 0 Å². The van der Waals surface area contributed by atoms with E-state index in [2.05, 4.69) is 43.4 Å². The molecule has 0 aliphatic carbocycles. The molecule has 1 aliphatic heterocycles. The Balaban J connectivity index is 0.000000280. The van der Waals surface area contributed by atoms with Crippen molar-refractivity contribution >= 4 is 0 Å². The van der Waals surface area contributed by atoms with Crippen LogP contribution in [0.2, 0.25) is 0 Å². The molecule has 3 heteroatoms. The van der Waals surface area contributed by atoms with Crippen LogP contribution < -0.4 is 24.0 Å². The van der Waals surface area contributed by atoms with Gasteiger partial charge in [-0.2, -0.15) is 0 Å². The molecule has 1 unspecified atom stereocenters. The maximum atomic E-state index is 2.86. The standard InChI is InChI=1S/C8H14N.C4H5N.HI/c1-3-9(2)7-5-4-6-8-9;1-2-4-5-3-1;/h4-7H,3,8H2,1-2H3;1-5H;1H/q+1;;/p-1. The van der Waals surface area contributed by atoms with Gasteiger partial charge < -0.3 is 29.0 Å². The van der Waals surface area contributed by atoms with E-state index in [1.54, 1.807) is 0 Å². The summed E-state index contributed by atoms with van der Waals surface area (Å²) < 4.78 is 1.05. The number of rotatable bonds is 1. The number of hydrogen-bond acceptors (Lipinski definition) is 0. The molecule has 15 heavy (non-hydrogen) atoms. The van der Waals surface area contributed by atoms with E-state index in [9.17, 15) is 0 Å². The summed E-state index contributed by atoms with van der Waals surface area (Å²) in [5.74, 6) is 0. The molecule has 1 aromatic rings. The van der Waals surface area contributed by atoms with Crippen molar-refractivity contribution < 1.29 is 28.5 Å². The van der Waals surface area contributed by atoms with Crippen LogP contribution in [0.15, 0.2) is 49.0 Å². The van der Waals surface area contributed by atoms with E-state index in [1.807, 2.05) is 24.5 Å². The van der Waals surface area contributed by atoms with Crippen molar-refractivity contribution in [1.29, 1.82) is 0 Å². The molecule has 0 fully saturated rings. The molecule has 0 aromatic carbocycles. The molecule has 84 valence electrons. The van der Waals surface area contributed by atoms with Gasteiger partial charge >= 0.3 is 0 Å². The van der Waals surface area contributed by atoms with Crippen molar-refractivity contribution in [2.24, 2.45) is 0 Å². The Morgan fingerprint density at radius 3 is 2.13 bits per heavy atom. The monoisotopic (exact) mass is 318 g/mol. The molecule has 0 saturated heterocycles. The Morgan fingerprint density at radius 1 is 1.20 bits per heavy atom. The number of quaternary nitrogens is 1. The fraction of sp³-hybridized carbons (Fsp3) is 0.333. The first-order valence-corrected chi connectivity index (χ1v) is 5.03. The van der Waals surface area contributed by atoms with Crippen LogP contribution in [0.4, 0.5) is 0 Å². The fourth-order valence-corrected chi connectivity index (χ4v) is 1.21. The van der Waals surface area contributed by atoms with Gasteiger partial charge in [-0.1, -0.05) is 6.08 Å². The molecule has 1 atom stereocenters. The SMILES string of the molecule is CC[N+]1(C)C=CC=CC1.[I-].c1cc[nH]c1. The van der Waals surface area contributed by atoms with Gasteiger partial charge in [0.05, 0.1) is 19.8 Å². The lowest BCUT2D eigenvalue weighted by molar-refractivity contribution is -0.852. The van der Waals surface area contributed by atoms with Crippen LogP contribution in [0.5, 0.6) is 0 Å². The van der Waals surface area contributed by atoms with Gasteiger partial charge in [-0.25, -0.2) is 0 Å². The van der Waals surface area contributed by atoms with Gasteiger partial charge in [0.2, 0.25) is 0 Å². The quantitative estimate of drug-likeness (QED) is 0.534. The van der Waals surface area contributed by atoms with Crippen molar-refractivity contribution in [1.82, 2.24) is 4.98 Å². The van der Waals surface area contributed by atoms with Crippen molar-refractivity contribution in [2.75, 3.05) is 20.1 Å². The average molecular weight is 318 g/mol. The summed E-state index contributed by atoms with van der Waals surface area (Å²) in [6.45, 7) is 4.54. The minimum atomic E-state index is 0. The normalized spacial score (nSPS) is 22.5. The number of aromatic nitrogens is 1. The third kappa shape index (κ3) is 5.79. The summed E-state index contributed by atoms with van der Waals surface area (Å²) in [4.78, 5) is 2.86. The van der Waals surface area contributed by atoms with Gasteiger partial charge in [0.15, 0.2) is 0 Å². The van der Waals surface area contributed by atoms with E-state index in [0.29, 0.717) is 0 Å². The Kier molecular flexibility index (Phi) is 7.42. The van der Waals surface area contributed by atoms with Crippen molar-refractivity contribution in [3.8, 4) is 0 Å². The molecule has 1 aromatic heterocycles. The van der Waals surface area contributed by atoms with Crippen LogP contribution in [0, 0.1) is 0 Å². The molecule has 0 saturated carbocycles. The fourth-order valence-electron chi connectivity index (χ4n) is 1.21. The topological polar surface area (TPSA) is 15.8 Å². The number of allylic oxidation sites excluding steroid dienone is 2. The van der Waals surface area contributed by atoms with Gasteiger partial charge in [-0.05, 0) is 31.2 Å². The highest BCUT2D eigenvalue weighted by Crippen LogP contribution is 2.07. The van der Waals surface area contributed by atoms with Crippen molar-refractivity contribution in [3.63, 3.8) is 0 Å². The number of aromatic amines is 1. The van der Waals surface area contributed by atoms with Crippen molar-refractivity contribution in [3.05, 3.63) is 49.0 Å². The smallest absolute Gasteiger partial charge is 0.102 e. The molecular formula is C12H19IN2. The first kappa shape index (κ1) is 14.5. The third-order valence-electron chi connectivity index (χ3n) is 2.43. The first-order valence-electron chi connectivity index (χ1n) is 5.03. The summed E-state index contributed by atoms with van der Waals surface area (Å²) in [5, 5.41) is 0. The molecule has 1 aliphatic rings. The van der Waals surface area contributed by atoms with Crippen LogP contribution in [-0.4, -0.2) is 29.6 Å². The zero-order valence-corrected chi connectivity index (χ0v) is 11.5. The zero-order chi connectivity index (χ0) is 10.3. The molecule has 2 nitrogen and oxygen atoms in total. The predicted molar refractivity (Wildman–Crippen MR) is 60.7 cm³/mol. The van der Waals surface area contributed by atoms with E-state index in [0.717, 1.165) is 11.0 Å². The van der Waals surface area contributed by atoms with E-state index in [4.69, 9.17) is 0 Å². The summed E-state index contributed by atoms with van der Waals surface area (Å²) in [7, 11) is 2.24. The van der Waals surface area contributed by atoms with E-state index in [-0.39, 0.29) is 24.0 Å². The number of hydrogen-bond donors (Lipinski definition) is 1. The highest BCUT2D eigenvalue weighted by Gasteiger charge is 2.13. The lowest BCUT2D eigenvalue weighted by atomic mass is 10.3. The summed E-state index contributed by atoms with van der Waals surface area (Å²) in [6, 6.07) is 3.89. The molecule has 0 amide bonds. The minimum absolute atomic E-state index is 0. The maximum absolute atomic E-state index is 2.86. The second-order valence-corrected chi connectivity index (χ2v) is 3.63. The van der Waals surface area contributed by atoms with Crippen LogP contribution in [0.25, 0.3) is 0 Å². The van der Waals surface area contributed by atoms with Gasteiger partial charge in [-0.15, -0.1) is 0 Å². The van der Waals surface area contributed by atoms with Gasteiger partial charge in [0.1, 0.15) is 6.54 Å². The molecule has 1 N–H and O–H groups in total. The van der Waals surface area contributed by atoms with E-state index >= 15 is 0 Å². The van der Waals surface area contributed by atoms with Crippen LogP contribution in [0.3, 0.4) is 0 Å². The predicted octanol–water partition coefficient (Wildman–Crippen LogP) is -0.445. The number of H-pyrrole nitrogens is 1. The summed E-state index contributed by atoms with van der Waals surface area (Å²) >= 11 is 0. The van der Waals surface area contributed by atoms with Gasteiger partial charge in [-0.3, -0.25) is 4.48 Å². The maximum Gasteiger partial charge on any atom is 0.102 e. The molecule has 0 bridgehead atoms. The average Bonchev–Trinajstić information content (AvgIpc) is 2.77. The number of nitrogens with one attached hydrogen (secondary N) is 1. The Morgan fingerprint density at radius 2 is 1.87 bits per heavy atom.